The number of methoxy groups -OCH3 is 2. The van der Waals surface area contributed by atoms with Crippen LogP contribution >= 0.6 is 0 Å². The molecule has 0 radical (unpaired) electrons. The summed E-state index contributed by atoms with van der Waals surface area (Å²) in [7, 11) is 3.13. The summed E-state index contributed by atoms with van der Waals surface area (Å²) < 4.78 is 16.0. The van der Waals surface area contributed by atoms with Gasteiger partial charge in [-0.25, -0.2) is 4.98 Å². The molecule has 1 N–H and O–H groups in total. The largest absolute Gasteiger partial charge is 0.493 e. The monoisotopic (exact) mass is 456 g/mol. The third-order valence-electron chi connectivity index (χ3n) is 5.28. The number of pyridine rings is 1. The van der Waals surface area contributed by atoms with E-state index in [4.69, 9.17) is 19.2 Å². The van der Waals surface area contributed by atoms with Crippen LogP contribution in [0.1, 0.15) is 15.9 Å². The summed E-state index contributed by atoms with van der Waals surface area (Å²) in [6.45, 7) is -0.0921. The Balaban J connectivity index is 1.55. The summed E-state index contributed by atoms with van der Waals surface area (Å²) in [5.41, 5.74) is 3.30. The lowest BCUT2D eigenvalue weighted by Gasteiger charge is -2.12. The molecule has 0 aliphatic rings. The van der Waals surface area contributed by atoms with Crippen molar-refractivity contribution in [3.05, 3.63) is 90.0 Å². The van der Waals surface area contributed by atoms with Crippen molar-refractivity contribution < 1.29 is 23.8 Å². The number of hydrogen-bond acceptors (Lipinski definition) is 6. The lowest BCUT2D eigenvalue weighted by Crippen LogP contribution is -2.30. The maximum Gasteiger partial charge on any atom is 0.325 e. The van der Waals surface area contributed by atoms with Crippen LogP contribution in [0.5, 0.6) is 11.5 Å². The summed E-state index contributed by atoms with van der Waals surface area (Å²) in [6, 6.07) is 23.9. The number of para-hydroxylation sites is 1. The van der Waals surface area contributed by atoms with Gasteiger partial charge in [-0.15, -0.1) is 0 Å². The number of carbonyl (C=O) groups excluding carboxylic acids is 2. The molecule has 0 saturated heterocycles. The number of nitrogens with zero attached hydrogens (tertiary/aromatic N) is 1. The highest BCUT2D eigenvalue weighted by molar-refractivity contribution is 6.07. The molecule has 3 aromatic carbocycles. The van der Waals surface area contributed by atoms with Crippen LogP contribution in [0.15, 0.2) is 78.9 Å². The number of amides is 1. The van der Waals surface area contributed by atoms with E-state index in [9.17, 15) is 9.59 Å². The zero-order chi connectivity index (χ0) is 23.9. The molecule has 4 aromatic rings. The molecule has 0 unspecified atom stereocenters. The molecule has 0 aliphatic carbocycles. The van der Waals surface area contributed by atoms with Crippen molar-refractivity contribution in [2.24, 2.45) is 0 Å². The Morgan fingerprint density at radius 1 is 0.853 bits per heavy atom. The fourth-order valence-corrected chi connectivity index (χ4v) is 3.54. The second kappa shape index (κ2) is 10.5. The van der Waals surface area contributed by atoms with E-state index in [0.29, 0.717) is 33.7 Å². The van der Waals surface area contributed by atoms with Crippen LogP contribution in [0.4, 0.5) is 0 Å². The van der Waals surface area contributed by atoms with Crippen molar-refractivity contribution in [2.75, 3.05) is 20.8 Å². The van der Waals surface area contributed by atoms with Gasteiger partial charge < -0.3 is 19.5 Å². The van der Waals surface area contributed by atoms with Gasteiger partial charge in [-0.2, -0.15) is 0 Å². The summed E-state index contributed by atoms with van der Waals surface area (Å²) in [6.07, 6.45) is 0. The Bertz CT molecular complexity index is 1320. The van der Waals surface area contributed by atoms with E-state index in [1.165, 1.54) is 0 Å². The van der Waals surface area contributed by atoms with E-state index in [0.717, 1.165) is 11.1 Å². The van der Waals surface area contributed by atoms with Crippen molar-refractivity contribution in [3.8, 4) is 22.8 Å². The van der Waals surface area contributed by atoms with Crippen LogP contribution in [-0.4, -0.2) is 37.6 Å². The molecule has 1 amide bonds. The molecule has 172 valence electrons. The average molecular weight is 456 g/mol. The Kier molecular flexibility index (Phi) is 7.03. The number of esters is 1. The van der Waals surface area contributed by atoms with Crippen molar-refractivity contribution in [2.45, 2.75) is 6.61 Å². The quantitative estimate of drug-likeness (QED) is 0.396. The normalized spacial score (nSPS) is 10.5. The molecule has 0 aliphatic heterocycles. The maximum atomic E-state index is 13.1. The first-order chi connectivity index (χ1) is 16.6. The number of ether oxygens (including phenoxy) is 3. The summed E-state index contributed by atoms with van der Waals surface area (Å²) >= 11 is 0. The number of benzene rings is 3. The lowest BCUT2D eigenvalue weighted by molar-refractivity contribution is -0.143. The number of carbonyl (C=O) groups is 2. The zero-order valence-electron chi connectivity index (χ0n) is 18.9. The summed E-state index contributed by atoms with van der Waals surface area (Å²) in [4.78, 5) is 29.9. The Labute approximate surface area is 197 Å². The topological polar surface area (TPSA) is 86.8 Å². The third kappa shape index (κ3) is 5.15. The van der Waals surface area contributed by atoms with Crippen LogP contribution in [0.3, 0.4) is 0 Å². The second-order valence-electron chi connectivity index (χ2n) is 7.47. The Morgan fingerprint density at radius 2 is 1.59 bits per heavy atom. The molecule has 0 atom stereocenters. The van der Waals surface area contributed by atoms with Gasteiger partial charge in [0, 0.05) is 10.9 Å². The predicted octanol–water partition coefficient (Wildman–Crippen LogP) is 4.39. The molecule has 1 heterocycles. The third-order valence-corrected chi connectivity index (χ3v) is 5.28. The smallest absolute Gasteiger partial charge is 0.325 e. The minimum atomic E-state index is -0.518. The summed E-state index contributed by atoms with van der Waals surface area (Å²) in [5.74, 6) is 0.244. The number of rotatable bonds is 8. The van der Waals surface area contributed by atoms with Crippen LogP contribution in [0.25, 0.3) is 22.2 Å². The first kappa shape index (κ1) is 22.8. The van der Waals surface area contributed by atoms with Gasteiger partial charge in [-0.3, -0.25) is 9.59 Å². The van der Waals surface area contributed by atoms with Gasteiger partial charge in [-0.05, 0) is 35.9 Å². The molecule has 0 fully saturated rings. The highest BCUT2D eigenvalue weighted by atomic mass is 16.5. The van der Waals surface area contributed by atoms with Gasteiger partial charge in [0.15, 0.2) is 11.5 Å². The van der Waals surface area contributed by atoms with E-state index in [1.54, 1.807) is 32.4 Å². The number of hydrogen-bond donors (Lipinski definition) is 1. The molecule has 0 spiro atoms. The van der Waals surface area contributed by atoms with Crippen LogP contribution < -0.4 is 14.8 Å². The Morgan fingerprint density at radius 3 is 2.35 bits per heavy atom. The molecule has 34 heavy (non-hydrogen) atoms. The lowest BCUT2D eigenvalue weighted by atomic mass is 10.0. The maximum absolute atomic E-state index is 13.1. The molecular formula is C27H24N2O5. The minimum absolute atomic E-state index is 0.150. The van der Waals surface area contributed by atoms with Gasteiger partial charge in [0.1, 0.15) is 13.2 Å². The van der Waals surface area contributed by atoms with E-state index in [-0.39, 0.29) is 13.2 Å². The second-order valence-corrected chi connectivity index (χ2v) is 7.47. The molecule has 0 bridgehead atoms. The van der Waals surface area contributed by atoms with E-state index in [2.05, 4.69) is 5.32 Å². The van der Waals surface area contributed by atoms with E-state index in [1.807, 2.05) is 60.7 Å². The van der Waals surface area contributed by atoms with Gasteiger partial charge in [0.25, 0.3) is 5.91 Å². The van der Waals surface area contributed by atoms with Crippen LogP contribution in [0, 0.1) is 0 Å². The van der Waals surface area contributed by atoms with Crippen molar-refractivity contribution in [1.82, 2.24) is 10.3 Å². The first-order valence-corrected chi connectivity index (χ1v) is 10.7. The number of nitrogens with one attached hydrogen (secondary N) is 1. The fourth-order valence-electron chi connectivity index (χ4n) is 3.54. The van der Waals surface area contributed by atoms with E-state index < -0.39 is 11.9 Å². The highest BCUT2D eigenvalue weighted by Gasteiger charge is 2.16. The SMILES string of the molecule is COc1ccc(-c2cc(C(=O)NCC(=O)OCc3ccccc3)c3ccccc3n2)cc1OC. The minimum Gasteiger partial charge on any atom is -0.493 e. The highest BCUT2D eigenvalue weighted by Crippen LogP contribution is 2.33. The van der Waals surface area contributed by atoms with Gasteiger partial charge in [-0.1, -0.05) is 48.5 Å². The molecule has 7 nitrogen and oxygen atoms in total. The van der Waals surface area contributed by atoms with Gasteiger partial charge in [0.05, 0.1) is 31.0 Å². The number of fused-ring (bicyclic) bond motifs is 1. The molecule has 0 saturated carbocycles. The average Bonchev–Trinajstić information content (AvgIpc) is 2.90. The zero-order valence-corrected chi connectivity index (χ0v) is 18.9. The van der Waals surface area contributed by atoms with Gasteiger partial charge >= 0.3 is 5.97 Å². The molecular weight excluding hydrogens is 432 g/mol. The molecule has 4 rings (SSSR count). The molecule has 7 heteroatoms. The van der Waals surface area contributed by atoms with Gasteiger partial charge in [0.2, 0.25) is 0 Å². The first-order valence-electron chi connectivity index (χ1n) is 10.7. The van der Waals surface area contributed by atoms with Crippen molar-refractivity contribution >= 4 is 22.8 Å². The van der Waals surface area contributed by atoms with Crippen molar-refractivity contribution in [3.63, 3.8) is 0 Å². The molecule has 1 aromatic heterocycles. The van der Waals surface area contributed by atoms with Crippen molar-refractivity contribution in [1.29, 1.82) is 0 Å². The van der Waals surface area contributed by atoms with Crippen LogP contribution in [0.2, 0.25) is 0 Å². The van der Waals surface area contributed by atoms with E-state index >= 15 is 0 Å². The summed E-state index contributed by atoms with van der Waals surface area (Å²) in [5, 5.41) is 3.34. The van der Waals surface area contributed by atoms with Crippen LogP contribution in [-0.2, 0) is 16.1 Å². The standard InChI is InChI=1S/C27H24N2O5/c1-32-24-13-12-19(14-25(24)33-2)23-15-21(20-10-6-7-11-22(20)29-23)27(31)28-16-26(30)34-17-18-8-4-3-5-9-18/h3-15H,16-17H2,1-2H3,(H,28,31). The predicted molar refractivity (Wildman–Crippen MR) is 129 cm³/mol. The number of aromatic nitrogens is 1. The Hall–Kier alpha value is -4.39. The fraction of sp³-hybridized carbons (Fsp3) is 0.148.